The van der Waals surface area contributed by atoms with Crippen LogP contribution in [0.1, 0.15) is 62.6 Å². The molecule has 24 heavy (non-hydrogen) atoms. The van der Waals surface area contributed by atoms with E-state index < -0.39 is 0 Å². The van der Waals surface area contributed by atoms with Gasteiger partial charge in [0.05, 0.1) is 7.11 Å². The third-order valence-electron chi connectivity index (χ3n) is 5.31. The zero-order chi connectivity index (χ0) is 17.3. The highest BCUT2D eigenvalue weighted by atomic mass is 16.5. The summed E-state index contributed by atoms with van der Waals surface area (Å²) in [7, 11) is 1.70. The van der Waals surface area contributed by atoms with Gasteiger partial charge in [0, 0.05) is 28.8 Å². The van der Waals surface area contributed by atoms with Crippen molar-refractivity contribution in [1.29, 1.82) is 0 Å². The van der Waals surface area contributed by atoms with E-state index in [2.05, 4.69) is 38.2 Å². The largest absolute Gasteiger partial charge is 0.496 e. The number of allylic oxidation sites excluding steroid dienone is 1. The molecule has 0 atom stereocenters. The number of carbonyl (C=O) groups excluding carboxylic acids is 1. The molecule has 0 spiro atoms. The van der Waals surface area contributed by atoms with Crippen LogP contribution in [0.5, 0.6) is 5.75 Å². The number of ether oxygens (including phenoxy) is 1. The van der Waals surface area contributed by atoms with Crippen molar-refractivity contribution in [3.63, 3.8) is 0 Å². The van der Waals surface area contributed by atoms with E-state index in [0.717, 1.165) is 41.8 Å². The number of aryl methyl sites for hydroxylation is 1. The Bertz CT molecular complexity index is 667. The lowest BCUT2D eigenvalue weighted by Gasteiger charge is -2.36. The van der Waals surface area contributed by atoms with Crippen molar-refractivity contribution >= 4 is 11.5 Å². The van der Waals surface area contributed by atoms with Crippen LogP contribution in [0.25, 0.3) is 5.70 Å². The number of carbonyl (C=O) groups is 1. The fourth-order valence-electron chi connectivity index (χ4n) is 4.08. The zero-order valence-corrected chi connectivity index (χ0v) is 15.4. The number of fused-ring (bicyclic) bond motifs is 1. The summed E-state index contributed by atoms with van der Waals surface area (Å²) in [6.45, 7) is 6.45. The molecule has 1 heterocycles. The van der Waals surface area contributed by atoms with Crippen molar-refractivity contribution in [3.05, 3.63) is 34.9 Å². The summed E-state index contributed by atoms with van der Waals surface area (Å²) < 4.78 is 5.49. The minimum atomic E-state index is -0.0489. The zero-order valence-electron chi connectivity index (χ0n) is 15.4. The Morgan fingerprint density at radius 1 is 1.25 bits per heavy atom. The predicted octanol–water partition coefficient (Wildman–Crippen LogP) is 4.42. The molecular weight excluding hydrogens is 298 g/mol. The molecule has 3 rings (SSSR count). The summed E-state index contributed by atoms with van der Waals surface area (Å²) >= 11 is 0. The van der Waals surface area contributed by atoms with Crippen LogP contribution in [0.4, 0.5) is 0 Å². The van der Waals surface area contributed by atoms with Gasteiger partial charge in [-0.1, -0.05) is 25.3 Å². The second kappa shape index (κ2) is 6.62. The molecule has 1 aliphatic carbocycles. The molecule has 1 N–H and O–H groups in total. The van der Waals surface area contributed by atoms with Gasteiger partial charge in [-0.25, -0.2) is 0 Å². The van der Waals surface area contributed by atoms with Crippen LogP contribution in [0, 0.1) is 12.8 Å². The van der Waals surface area contributed by atoms with E-state index >= 15 is 0 Å². The van der Waals surface area contributed by atoms with Gasteiger partial charge in [-0.3, -0.25) is 4.79 Å². The van der Waals surface area contributed by atoms with Gasteiger partial charge in [0.25, 0.3) is 0 Å². The maximum atomic E-state index is 12.8. The normalized spacial score (nSPS) is 21.9. The standard InChI is InChI=1S/C21H29NO2/c1-14-10-16-13-21(2,3)22-18(17(16)11-20(14)24-4)12-19(23)15-8-6-5-7-9-15/h10-12,15,22H,5-9,13H2,1-4H3/b18-12+. The Labute approximate surface area is 145 Å². The molecule has 2 aliphatic rings. The Kier molecular flexibility index (Phi) is 4.71. The Hall–Kier alpha value is -1.77. The average Bonchev–Trinajstić information content (AvgIpc) is 2.54. The molecule has 0 radical (unpaired) electrons. The van der Waals surface area contributed by atoms with E-state index in [0.29, 0.717) is 0 Å². The van der Waals surface area contributed by atoms with Crippen molar-refractivity contribution in [2.24, 2.45) is 5.92 Å². The third kappa shape index (κ3) is 3.50. The van der Waals surface area contributed by atoms with Gasteiger partial charge in [-0.2, -0.15) is 0 Å². The van der Waals surface area contributed by atoms with Crippen molar-refractivity contribution < 1.29 is 9.53 Å². The summed E-state index contributed by atoms with van der Waals surface area (Å²) in [5, 5.41) is 3.57. The molecule has 0 saturated heterocycles. The summed E-state index contributed by atoms with van der Waals surface area (Å²) in [5.41, 5.74) is 4.45. The quantitative estimate of drug-likeness (QED) is 0.835. The first-order chi connectivity index (χ1) is 11.4. The molecule has 0 bridgehead atoms. The number of methoxy groups -OCH3 is 1. The molecule has 1 saturated carbocycles. The van der Waals surface area contributed by atoms with Crippen molar-refractivity contribution in [3.8, 4) is 5.75 Å². The Balaban J connectivity index is 1.98. The molecular formula is C21H29NO2. The van der Waals surface area contributed by atoms with Gasteiger partial charge in [0.15, 0.2) is 5.78 Å². The highest BCUT2D eigenvalue weighted by Gasteiger charge is 2.30. The lowest BCUT2D eigenvalue weighted by Crippen LogP contribution is -2.44. The molecule has 3 heteroatoms. The van der Waals surface area contributed by atoms with E-state index in [1.807, 2.05) is 6.08 Å². The smallest absolute Gasteiger partial charge is 0.160 e. The first-order valence-corrected chi connectivity index (χ1v) is 9.11. The van der Waals surface area contributed by atoms with Gasteiger partial charge < -0.3 is 10.1 Å². The lowest BCUT2D eigenvalue weighted by atomic mass is 9.82. The molecule has 0 unspecified atom stereocenters. The number of rotatable bonds is 3. The monoisotopic (exact) mass is 327 g/mol. The van der Waals surface area contributed by atoms with Gasteiger partial charge in [-0.05, 0) is 57.2 Å². The van der Waals surface area contributed by atoms with Crippen molar-refractivity contribution in [1.82, 2.24) is 5.32 Å². The summed E-state index contributed by atoms with van der Waals surface area (Å²) in [6, 6.07) is 4.28. The fraction of sp³-hybridized carbons (Fsp3) is 0.571. The second-order valence-corrected chi connectivity index (χ2v) is 7.96. The van der Waals surface area contributed by atoms with Crippen molar-refractivity contribution in [2.45, 2.75) is 64.8 Å². The topological polar surface area (TPSA) is 38.3 Å². The van der Waals surface area contributed by atoms with Crippen LogP contribution in [-0.2, 0) is 11.2 Å². The molecule has 1 fully saturated rings. The molecule has 0 amide bonds. The highest BCUT2D eigenvalue weighted by molar-refractivity contribution is 5.98. The number of ketones is 1. The molecule has 0 aromatic heterocycles. The number of hydrogen-bond donors (Lipinski definition) is 1. The summed E-state index contributed by atoms with van der Waals surface area (Å²) in [4.78, 5) is 12.8. The minimum absolute atomic E-state index is 0.0489. The fourth-order valence-corrected chi connectivity index (χ4v) is 4.08. The maximum Gasteiger partial charge on any atom is 0.160 e. The van der Waals surface area contributed by atoms with Crippen LogP contribution < -0.4 is 10.1 Å². The van der Waals surface area contributed by atoms with Crippen LogP contribution in [0.2, 0.25) is 0 Å². The maximum absolute atomic E-state index is 12.8. The van der Waals surface area contributed by atoms with Crippen LogP contribution in [0.3, 0.4) is 0 Å². The summed E-state index contributed by atoms with van der Waals surface area (Å²) in [6.07, 6.45) is 8.51. The van der Waals surface area contributed by atoms with Gasteiger partial charge in [0.1, 0.15) is 5.75 Å². The third-order valence-corrected chi connectivity index (χ3v) is 5.31. The molecule has 130 valence electrons. The number of hydrogen-bond acceptors (Lipinski definition) is 3. The molecule has 1 aliphatic heterocycles. The SMILES string of the molecule is COc1cc2c(cc1C)CC(C)(C)N/C2=C/C(=O)C1CCCCC1. The van der Waals surface area contributed by atoms with Gasteiger partial charge in [0.2, 0.25) is 0 Å². The lowest BCUT2D eigenvalue weighted by molar-refractivity contribution is -0.119. The van der Waals surface area contributed by atoms with E-state index in [4.69, 9.17) is 4.74 Å². The Morgan fingerprint density at radius 2 is 1.96 bits per heavy atom. The van der Waals surface area contributed by atoms with E-state index in [1.54, 1.807) is 7.11 Å². The Morgan fingerprint density at radius 3 is 2.62 bits per heavy atom. The minimum Gasteiger partial charge on any atom is -0.496 e. The predicted molar refractivity (Wildman–Crippen MR) is 98.2 cm³/mol. The number of nitrogens with one attached hydrogen (secondary N) is 1. The van der Waals surface area contributed by atoms with Crippen LogP contribution in [-0.4, -0.2) is 18.4 Å². The van der Waals surface area contributed by atoms with E-state index in [1.165, 1.54) is 24.8 Å². The second-order valence-electron chi connectivity index (χ2n) is 7.96. The van der Waals surface area contributed by atoms with Gasteiger partial charge in [-0.15, -0.1) is 0 Å². The molecule has 1 aromatic rings. The van der Waals surface area contributed by atoms with Crippen LogP contribution >= 0.6 is 0 Å². The average molecular weight is 327 g/mol. The number of benzene rings is 1. The highest BCUT2D eigenvalue weighted by Crippen LogP contribution is 2.35. The van der Waals surface area contributed by atoms with Crippen LogP contribution in [0.15, 0.2) is 18.2 Å². The van der Waals surface area contributed by atoms with Crippen molar-refractivity contribution in [2.75, 3.05) is 7.11 Å². The van der Waals surface area contributed by atoms with Gasteiger partial charge >= 0.3 is 0 Å². The molecule has 3 nitrogen and oxygen atoms in total. The first-order valence-electron chi connectivity index (χ1n) is 9.11. The molecule has 1 aromatic carbocycles. The van der Waals surface area contributed by atoms with E-state index in [9.17, 15) is 4.79 Å². The summed E-state index contributed by atoms with van der Waals surface area (Å²) in [5.74, 6) is 1.36. The van der Waals surface area contributed by atoms with E-state index in [-0.39, 0.29) is 17.2 Å². The first kappa shape index (κ1) is 17.1.